The van der Waals surface area contributed by atoms with Crippen LogP contribution in [-0.4, -0.2) is 11.1 Å². The van der Waals surface area contributed by atoms with Gasteiger partial charge < -0.3 is 5.11 Å². The van der Waals surface area contributed by atoms with Crippen molar-refractivity contribution in [2.45, 2.75) is 44.9 Å². The van der Waals surface area contributed by atoms with Crippen molar-refractivity contribution in [1.29, 1.82) is 0 Å². The van der Waals surface area contributed by atoms with Crippen molar-refractivity contribution in [2.75, 3.05) is 0 Å². The molecule has 0 aliphatic heterocycles. The van der Waals surface area contributed by atoms with E-state index in [1.165, 1.54) is 18.4 Å². The second-order valence-corrected chi connectivity index (χ2v) is 5.81. The number of carbonyl (C=O) groups is 1. The minimum absolute atomic E-state index is 0.189. The van der Waals surface area contributed by atoms with Gasteiger partial charge in [-0.25, -0.2) is 0 Å². The number of rotatable bonds is 7. The maximum Gasteiger partial charge on any atom is 0.317 e. The minimum atomic E-state index is -0.807. The molecule has 0 saturated carbocycles. The zero-order valence-corrected chi connectivity index (χ0v) is 12.7. The predicted octanol–water partition coefficient (Wildman–Crippen LogP) is 4.94. The van der Waals surface area contributed by atoms with E-state index >= 15 is 0 Å². The normalized spacial score (nSPS) is 24.1. The first-order valence-corrected chi connectivity index (χ1v) is 7.85. The molecular formula is C19H24O2. The van der Waals surface area contributed by atoms with Crippen LogP contribution in [0.15, 0.2) is 54.6 Å². The summed E-state index contributed by atoms with van der Waals surface area (Å²) < 4.78 is 0. The van der Waals surface area contributed by atoms with E-state index in [0.717, 1.165) is 12.8 Å². The van der Waals surface area contributed by atoms with Crippen LogP contribution in [0.5, 0.6) is 0 Å². The number of carboxylic acid groups (broad SMARTS) is 1. The second-order valence-electron chi connectivity index (χ2n) is 5.81. The molecule has 21 heavy (non-hydrogen) atoms. The third-order valence-electron chi connectivity index (χ3n) is 4.23. The van der Waals surface area contributed by atoms with Crippen molar-refractivity contribution in [3.05, 3.63) is 60.2 Å². The monoisotopic (exact) mass is 284 g/mol. The molecule has 1 aliphatic carbocycles. The zero-order valence-electron chi connectivity index (χ0n) is 12.7. The summed E-state index contributed by atoms with van der Waals surface area (Å²) in [4.78, 5) is 11.7. The molecule has 0 aromatic heterocycles. The standard InChI is InChI=1S/C19H24O2/c1-2-3-4-8-13-19(18(20)21)14-11-17(12-15-19)16-9-6-5-7-10-16/h5-7,9-12,14-15,17H,2-4,8,13H2,1H3,(H,20,21). The number of aliphatic carboxylic acids is 1. The fourth-order valence-corrected chi connectivity index (χ4v) is 2.83. The molecule has 2 heteroatoms. The fourth-order valence-electron chi connectivity index (χ4n) is 2.83. The maximum atomic E-state index is 11.7. The van der Waals surface area contributed by atoms with Gasteiger partial charge in [0.15, 0.2) is 0 Å². The molecule has 2 nitrogen and oxygen atoms in total. The highest BCUT2D eigenvalue weighted by atomic mass is 16.4. The Balaban J connectivity index is 2.06. The fraction of sp³-hybridized carbons (Fsp3) is 0.421. The smallest absolute Gasteiger partial charge is 0.317 e. The largest absolute Gasteiger partial charge is 0.480 e. The van der Waals surface area contributed by atoms with Gasteiger partial charge in [-0.3, -0.25) is 4.79 Å². The average molecular weight is 284 g/mol. The van der Waals surface area contributed by atoms with Crippen LogP contribution in [0.25, 0.3) is 0 Å². The molecule has 0 bridgehead atoms. The lowest BCUT2D eigenvalue weighted by Crippen LogP contribution is -2.28. The van der Waals surface area contributed by atoms with E-state index in [0.29, 0.717) is 6.42 Å². The number of hydrogen-bond acceptors (Lipinski definition) is 1. The first-order valence-electron chi connectivity index (χ1n) is 7.85. The molecule has 0 unspecified atom stereocenters. The third kappa shape index (κ3) is 3.84. The summed E-state index contributed by atoms with van der Waals surface area (Å²) in [6.45, 7) is 2.16. The van der Waals surface area contributed by atoms with E-state index in [-0.39, 0.29) is 5.92 Å². The van der Waals surface area contributed by atoms with Crippen LogP contribution in [0.4, 0.5) is 0 Å². The van der Waals surface area contributed by atoms with Gasteiger partial charge in [0.2, 0.25) is 0 Å². The molecule has 1 aliphatic rings. The van der Waals surface area contributed by atoms with Gasteiger partial charge in [-0.2, -0.15) is 0 Å². The van der Waals surface area contributed by atoms with Crippen molar-refractivity contribution in [3.8, 4) is 0 Å². The van der Waals surface area contributed by atoms with Crippen LogP contribution in [-0.2, 0) is 4.79 Å². The van der Waals surface area contributed by atoms with E-state index < -0.39 is 11.4 Å². The molecule has 2 rings (SSSR count). The van der Waals surface area contributed by atoms with Gasteiger partial charge in [-0.1, -0.05) is 87.2 Å². The molecule has 0 heterocycles. The Morgan fingerprint density at radius 2 is 1.76 bits per heavy atom. The van der Waals surface area contributed by atoms with E-state index in [2.05, 4.69) is 19.1 Å². The molecule has 0 spiro atoms. The number of benzene rings is 1. The number of unbranched alkanes of at least 4 members (excludes halogenated alkanes) is 3. The van der Waals surface area contributed by atoms with Crippen LogP contribution in [0.2, 0.25) is 0 Å². The Labute approximate surface area is 127 Å². The Morgan fingerprint density at radius 3 is 2.33 bits per heavy atom. The lowest BCUT2D eigenvalue weighted by Gasteiger charge is -2.27. The van der Waals surface area contributed by atoms with Gasteiger partial charge in [-0.15, -0.1) is 0 Å². The van der Waals surface area contributed by atoms with Crippen molar-refractivity contribution in [1.82, 2.24) is 0 Å². The van der Waals surface area contributed by atoms with Crippen molar-refractivity contribution in [3.63, 3.8) is 0 Å². The van der Waals surface area contributed by atoms with E-state index in [9.17, 15) is 9.90 Å². The maximum absolute atomic E-state index is 11.7. The summed E-state index contributed by atoms with van der Waals surface area (Å²) in [6.07, 6.45) is 12.9. The number of carboxylic acids is 1. The van der Waals surface area contributed by atoms with Crippen molar-refractivity contribution >= 4 is 5.97 Å². The highest BCUT2D eigenvalue weighted by Crippen LogP contribution is 2.36. The van der Waals surface area contributed by atoms with Gasteiger partial charge in [0.1, 0.15) is 5.41 Å². The lowest BCUT2D eigenvalue weighted by molar-refractivity contribution is -0.144. The lowest BCUT2D eigenvalue weighted by atomic mass is 9.76. The van der Waals surface area contributed by atoms with Crippen molar-refractivity contribution < 1.29 is 9.90 Å². The first-order chi connectivity index (χ1) is 10.2. The Morgan fingerprint density at radius 1 is 1.10 bits per heavy atom. The molecule has 0 saturated heterocycles. The topological polar surface area (TPSA) is 37.3 Å². The van der Waals surface area contributed by atoms with Crippen LogP contribution in [0.3, 0.4) is 0 Å². The molecule has 1 aromatic carbocycles. The summed E-state index contributed by atoms with van der Waals surface area (Å²) in [6, 6.07) is 10.2. The molecule has 1 aromatic rings. The van der Waals surface area contributed by atoms with Gasteiger partial charge in [0.25, 0.3) is 0 Å². The SMILES string of the molecule is CCCCCCC1(C(=O)O)C=CC(c2ccccc2)C=C1. The van der Waals surface area contributed by atoms with Crippen molar-refractivity contribution in [2.24, 2.45) is 5.41 Å². The Bertz CT molecular complexity index is 500. The second kappa shape index (κ2) is 7.26. The number of allylic oxidation sites excluding steroid dienone is 2. The average Bonchev–Trinajstić information content (AvgIpc) is 2.53. The van der Waals surface area contributed by atoms with Gasteiger partial charge >= 0.3 is 5.97 Å². The zero-order chi connectivity index (χ0) is 15.1. The summed E-state index contributed by atoms with van der Waals surface area (Å²) >= 11 is 0. The molecule has 1 N–H and O–H groups in total. The molecule has 0 fully saturated rings. The highest BCUT2D eigenvalue weighted by Gasteiger charge is 2.34. The van der Waals surface area contributed by atoms with E-state index in [1.807, 2.05) is 42.5 Å². The minimum Gasteiger partial charge on any atom is -0.480 e. The molecular weight excluding hydrogens is 260 g/mol. The Kier molecular flexibility index (Phi) is 5.38. The quantitative estimate of drug-likeness (QED) is 0.569. The van der Waals surface area contributed by atoms with Crippen LogP contribution >= 0.6 is 0 Å². The van der Waals surface area contributed by atoms with Gasteiger partial charge in [0.05, 0.1) is 0 Å². The van der Waals surface area contributed by atoms with Crippen LogP contribution < -0.4 is 0 Å². The molecule has 0 amide bonds. The molecule has 112 valence electrons. The summed E-state index contributed by atoms with van der Waals surface area (Å²) in [5.74, 6) is -0.549. The Hall–Kier alpha value is -1.83. The predicted molar refractivity (Wildman–Crippen MR) is 86.3 cm³/mol. The van der Waals surface area contributed by atoms with Crippen LogP contribution in [0.1, 0.15) is 50.5 Å². The highest BCUT2D eigenvalue weighted by molar-refractivity contribution is 5.80. The van der Waals surface area contributed by atoms with Gasteiger partial charge in [-0.05, 0) is 12.0 Å². The summed E-state index contributed by atoms with van der Waals surface area (Å²) in [7, 11) is 0. The third-order valence-corrected chi connectivity index (χ3v) is 4.23. The van der Waals surface area contributed by atoms with Crippen LogP contribution in [0, 0.1) is 5.41 Å². The summed E-state index contributed by atoms with van der Waals surface area (Å²) in [5, 5.41) is 9.60. The van der Waals surface area contributed by atoms with E-state index in [4.69, 9.17) is 0 Å². The molecule has 0 atom stereocenters. The number of hydrogen-bond donors (Lipinski definition) is 1. The van der Waals surface area contributed by atoms with Gasteiger partial charge in [0, 0.05) is 5.92 Å². The first kappa shape index (κ1) is 15.6. The molecule has 0 radical (unpaired) electrons. The van der Waals surface area contributed by atoms with E-state index in [1.54, 1.807) is 0 Å². The summed E-state index contributed by atoms with van der Waals surface area (Å²) in [5.41, 5.74) is 0.397.